The van der Waals surface area contributed by atoms with Gasteiger partial charge in [-0.1, -0.05) is 0 Å². The lowest BCUT2D eigenvalue weighted by Crippen LogP contribution is -2.49. The van der Waals surface area contributed by atoms with Crippen LogP contribution in [0.3, 0.4) is 0 Å². The van der Waals surface area contributed by atoms with Crippen molar-refractivity contribution < 1.29 is 23.1 Å². The SMILES string of the molecule is C1NCC2CNCC1C2.O=C(O)C(F)(F)F. The molecule has 0 aliphatic carbocycles. The fraction of sp³-hybridized carbons (Fsp3) is 0.889. The first-order chi connectivity index (χ1) is 7.39. The third-order valence-corrected chi connectivity index (χ3v) is 2.64. The van der Waals surface area contributed by atoms with E-state index in [1.54, 1.807) is 0 Å². The van der Waals surface area contributed by atoms with Gasteiger partial charge < -0.3 is 15.7 Å². The van der Waals surface area contributed by atoms with Crippen molar-refractivity contribution in [3.63, 3.8) is 0 Å². The monoisotopic (exact) mass is 240 g/mol. The average Bonchev–Trinajstić information content (AvgIpc) is 2.17. The molecule has 2 aliphatic rings. The highest BCUT2D eigenvalue weighted by Crippen LogP contribution is 2.18. The molecule has 3 N–H and O–H groups in total. The van der Waals surface area contributed by atoms with Gasteiger partial charge in [0.25, 0.3) is 0 Å². The van der Waals surface area contributed by atoms with Gasteiger partial charge in [0.2, 0.25) is 0 Å². The van der Waals surface area contributed by atoms with Crippen LogP contribution in [0.25, 0.3) is 0 Å². The van der Waals surface area contributed by atoms with Crippen LogP contribution in [-0.4, -0.2) is 43.4 Å². The molecule has 0 atom stereocenters. The first-order valence-electron chi connectivity index (χ1n) is 5.11. The molecule has 0 saturated carbocycles. The Labute approximate surface area is 91.2 Å². The van der Waals surface area contributed by atoms with E-state index >= 15 is 0 Å². The molecule has 2 fully saturated rings. The van der Waals surface area contributed by atoms with Crippen LogP contribution in [0, 0.1) is 11.8 Å². The number of carboxylic acid groups (broad SMARTS) is 1. The number of nitrogens with one attached hydrogen (secondary N) is 2. The second kappa shape index (κ2) is 5.49. The van der Waals surface area contributed by atoms with Crippen molar-refractivity contribution in [1.82, 2.24) is 10.6 Å². The maximum atomic E-state index is 10.6. The summed E-state index contributed by atoms with van der Waals surface area (Å²) in [6, 6.07) is 0. The number of alkyl halides is 3. The van der Waals surface area contributed by atoms with Crippen molar-refractivity contribution in [2.75, 3.05) is 26.2 Å². The Morgan fingerprint density at radius 3 is 1.56 bits per heavy atom. The maximum absolute atomic E-state index is 10.6. The highest BCUT2D eigenvalue weighted by Gasteiger charge is 2.38. The van der Waals surface area contributed by atoms with Gasteiger partial charge in [0.1, 0.15) is 0 Å². The molecule has 2 rings (SSSR count). The van der Waals surface area contributed by atoms with Crippen molar-refractivity contribution >= 4 is 5.97 Å². The number of carbonyl (C=O) groups is 1. The van der Waals surface area contributed by atoms with Gasteiger partial charge in [-0.15, -0.1) is 0 Å². The molecule has 0 aromatic heterocycles. The van der Waals surface area contributed by atoms with Crippen LogP contribution < -0.4 is 10.6 Å². The van der Waals surface area contributed by atoms with Crippen LogP contribution in [0.2, 0.25) is 0 Å². The highest BCUT2D eigenvalue weighted by molar-refractivity contribution is 5.73. The number of rotatable bonds is 0. The van der Waals surface area contributed by atoms with Crippen LogP contribution in [0.15, 0.2) is 0 Å². The number of fused-ring (bicyclic) bond motifs is 2. The van der Waals surface area contributed by atoms with Gasteiger partial charge in [-0.05, 0) is 44.4 Å². The van der Waals surface area contributed by atoms with Crippen LogP contribution >= 0.6 is 0 Å². The molecule has 0 spiro atoms. The highest BCUT2D eigenvalue weighted by atomic mass is 19.4. The minimum atomic E-state index is -5.08. The molecule has 2 aliphatic heterocycles. The van der Waals surface area contributed by atoms with Crippen molar-refractivity contribution in [2.24, 2.45) is 11.8 Å². The number of carboxylic acids is 1. The lowest BCUT2D eigenvalue weighted by molar-refractivity contribution is -0.192. The normalized spacial score (nSPS) is 28.9. The van der Waals surface area contributed by atoms with Gasteiger partial charge in [0, 0.05) is 0 Å². The van der Waals surface area contributed by atoms with Gasteiger partial charge in [-0.3, -0.25) is 0 Å². The van der Waals surface area contributed by atoms with Crippen LogP contribution in [-0.2, 0) is 4.79 Å². The van der Waals surface area contributed by atoms with E-state index in [4.69, 9.17) is 9.90 Å². The number of hydrogen-bond acceptors (Lipinski definition) is 3. The van der Waals surface area contributed by atoms with E-state index in [1.165, 1.54) is 32.6 Å². The minimum absolute atomic E-state index is 0.928. The Balaban J connectivity index is 0.000000168. The Hall–Kier alpha value is -0.820. The summed E-state index contributed by atoms with van der Waals surface area (Å²) in [7, 11) is 0. The Morgan fingerprint density at radius 1 is 1.06 bits per heavy atom. The summed E-state index contributed by atoms with van der Waals surface area (Å²) in [6.07, 6.45) is -3.63. The number of aliphatic carboxylic acids is 1. The van der Waals surface area contributed by atoms with Gasteiger partial charge in [-0.25, -0.2) is 4.79 Å². The summed E-state index contributed by atoms with van der Waals surface area (Å²) in [5.41, 5.74) is 0. The van der Waals surface area contributed by atoms with E-state index < -0.39 is 12.1 Å². The molecular formula is C9H15F3N2O2. The second-order valence-electron chi connectivity index (χ2n) is 4.09. The zero-order chi connectivity index (χ0) is 12.2. The second-order valence-corrected chi connectivity index (χ2v) is 4.09. The predicted octanol–water partition coefficient (Wildman–Crippen LogP) is 0.449. The Morgan fingerprint density at radius 2 is 1.38 bits per heavy atom. The molecule has 94 valence electrons. The van der Waals surface area contributed by atoms with E-state index in [2.05, 4.69) is 10.6 Å². The fourth-order valence-electron chi connectivity index (χ4n) is 1.93. The smallest absolute Gasteiger partial charge is 0.475 e. The van der Waals surface area contributed by atoms with Crippen molar-refractivity contribution in [3.8, 4) is 0 Å². The van der Waals surface area contributed by atoms with Crippen LogP contribution in [0.5, 0.6) is 0 Å². The third kappa shape index (κ3) is 4.36. The van der Waals surface area contributed by atoms with Gasteiger partial charge >= 0.3 is 12.1 Å². The van der Waals surface area contributed by atoms with E-state index in [0.717, 1.165) is 11.8 Å². The first-order valence-corrected chi connectivity index (χ1v) is 5.11. The molecule has 0 aromatic carbocycles. The molecular weight excluding hydrogens is 225 g/mol. The standard InChI is InChI=1S/C7H14N2.C2HF3O2/c1-6-2-8-4-7(1)5-9-3-6;3-2(4,5)1(6)7/h6-9H,1-5H2;(H,6,7). The average molecular weight is 240 g/mol. The lowest BCUT2D eigenvalue weighted by atomic mass is 9.87. The van der Waals surface area contributed by atoms with E-state index in [9.17, 15) is 13.2 Å². The molecule has 0 aromatic rings. The zero-order valence-corrected chi connectivity index (χ0v) is 8.68. The summed E-state index contributed by atoms with van der Waals surface area (Å²) in [4.78, 5) is 8.90. The van der Waals surface area contributed by atoms with Crippen molar-refractivity contribution in [2.45, 2.75) is 12.6 Å². The quantitative estimate of drug-likeness (QED) is 0.575. The maximum Gasteiger partial charge on any atom is 0.490 e. The van der Waals surface area contributed by atoms with Gasteiger partial charge in [0.15, 0.2) is 0 Å². The van der Waals surface area contributed by atoms with E-state index in [1.807, 2.05) is 0 Å². The number of hydrogen-bond donors (Lipinski definition) is 3. The molecule has 2 bridgehead atoms. The molecule has 2 saturated heterocycles. The summed E-state index contributed by atoms with van der Waals surface area (Å²) in [5.74, 6) is -0.900. The van der Waals surface area contributed by atoms with Crippen LogP contribution in [0.4, 0.5) is 13.2 Å². The Kier molecular flexibility index (Phi) is 4.55. The Bertz CT molecular complexity index is 225. The third-order valence-electron chi connectivity index (χ3n) is 2.64. The first kappa shape index (κ1) is 13.2. The summed E-state index contributed by atoms with van der Waals surface area (Å²) >= 11 is 0. The molecule has 16 heavy (non-hydrogen) atoms. The van der Waals surface area contributed by atoms with E-state index in [0.29, 0.717) is 0 Å². The number of halogens is 3. The van der Waals surface area contributed by atoms with Crippen LogP contribution in [0.1, 0.15) is 6.42 Å². The summed E-state index contributed by atoms with van der Waals surface area (Å²) in [5, 5.41) is 14.0. The van der Waals surface area contributed by atoms with E-state index in [-0.39, 0.29) is 0 Å². The number of piperidine rings is 2. The molecule has 0 radical (unpaired) electrons. The zero-order valence-electron chi connectivity index (χ0n) is 8.68. The van der Waals surface area contributed by atoms with Gasteiger partial charge in [-0.2, -0.15) is 13.2 Å². The predicted molar refractivity (Wildman–Crippen MR) is 51.0 cm³/mol. The summed E-state index contributed by atoms with van der Waals surface area (Å²) in [6.45, 7) is 4.96. The lowest BCUT2D eigenvalue weighted by Gasteiger charge is -2.35. The molecule has 0 amide bonds. The van der Waals surface area contributed by atoms with Crippen molar-refractivity contribution in [1.29, 1.82) is 0 Å². The minimum Gasteiger partial charge on any atom is -0.475 e. The topological polar surface area (TPSA) is 61.4 Å². The molecule has 4 nitrogen and oxygen atoms in total. The van der Waals surface area contributed by atoms with Crippen molar-refractivity contribution in [3.05, 3.63) is 0 Å². The summed E-state index contributed by atoms with van der Waals surface area (Å²) < 4.78 is 31.7. The molecule has 2 heterocycles. The molecule has 7 heteroatoms. The fourth-order valence-corrected chi connectivity index (χ4v) is 1.93. The van der Waals surface area contributed by atoms with Gasteiger partial charge in [0.05, 0.1) is 0 Å². The molecule has 0 unspecified atom stereocenters. The largest absolute Gasteiger partial charge is 0.490 e.